The summed E-state index contributed by atoms with van der Waals surface area (Å²) in [5.41, 5.74) is 1.81. The minimum Gasteiger partial charge on any atom is -0.493 e. The Morgan fingerprint density at radius 2 is 1.86 bits per heavy atom. The molecular weight excluding hydrogens is 380 g/mol. The average molecular weight is 399 g/mol. The van der Waals surface area contributed by atoms with Crippen LogP contribution in [0.5, 0.6) is 11.5 Å². The van der Waals surface area contributed by atoms with Crippen molar-refractivity contribution >= 4 is 29.0 Å². The van der Waals surface area contributed by atoms with E-state index in [1.54, 1.807) is 44.6 Å². The van der Waals surface area contributed by atoms with Crippen molar-refractivity contribution in [2.45, 2.75) is 6.54 Å². The smallest absolute Gasteiger partial charge is 0.274 e. The van der Waals surface area contributed by atoms with Crippen LogP contribution in [0.2, 0.25) is 5.02 Å². The first-order valence-electron chi connectivity index (χ1n) is 8.43. The van der Waals surface area contributed by atoms with Gasteiger partial charge in [0, 0.05) is 23.3 Å². The summed E-state index contributed by atoms with van der Waals surface area (Å²) < 4.78 is 10.5. The molecule has 0 radical (unpaired) electrons. The molecule has 0 spiro atoms. The van der Waals surface area contributed by atoms with Gasteiger partial charge in [-0.1, -0.05) is 23.7 Å². The van der Waals surface area contributed by atoms with Crippen molar-refractivity contribution in [3.05, 3.63) is 71.1 Å². The molecule has 0 aliphatic carbocycles. The van der Waals surface area contributed by atoms with E-state index in [2.05, 4.69) is 20.6 Å². The third-order valence-corrected chi connectivity index (χ3v) is 4.14. The van der Waals surface area contributed by atoms with Crippen LogP contribution in [-0.4, -0.2) is 30.1 Å². The van der Waals surface area contributed by atoms with E-state index in [0.717, 1.165) is 5.56 Å². The Kier molecular flexibility index (Phi) is 6.29. The first-order chi connectivity index (χ1) is 13.6. The number of anilines is 2. The molecule has 0 aliphatic rings. The number of halogens is 1. The van der Waals surface area contributed by atoms with Gasteiger partial charge in [-0.3, -0.25) is 4.79 Å². The second-order valence-electron chi connectivity index (χ2n) is 5.80. The highest BCUT2D eigenvalue weighted by Crippen LogP contribution is 2.27. The summed E-state index contributed by atoms with van der Waals surface area (Å²) >= 11 is 5.94. The molecule has 3 aromatic rings. The lowest BCUT2D eigenvalue weighted by Crippen LogP contribution is -2.14. The van der Waals surface area contributed by atoms with Gasteiger partial charge in [-0.05, 0) is 35.9 Å². The highest BCUT2D eigenvalue weighted by Gasteiger charge is 2.10. The number of nitrogens with zero attached hydrogens (tertiary/aromatic N) is 2. The van der Waals surface area contributed by atoms with Gasteiger partial charge in [-0.2, -0.15) is 0 Å². The molecule has 1 amide bonds. The Balaban J connectivity index is 1.67. The van der Waals surface area contributed by atoms with Gasteiger partial charge in [0.05, 0.1) is 14.2 Å². The molecule has 0 aliphatic heterocycles. The topological polar surface area (TPSA) is 85.4 Å². The molecule has 0 unspecified atom stereocenters. The largest absolute Gasteiger partial charge is 0.493 e. The Labute approximate surface area is 167 Å². The van der Waals surface area contributed by atoms with Gasteiger partial charge >= 0.3 is 0 Å². The number of aromatic nitrogens is 2. The molecule has 7 nitrogen and oxygen atoms in total. The molecule has 144 valence electrons. The van der Waals surface area contributed by atoms with Crippen molar-refractivity contribution in [3.63, 3.8) is 0 Å². The van der Waals surface area contributed by atoms with Crippen molar-refractivity contribution in [2.75, 3.05) is 24.9 Å². The highest BCUT2D eigenvalue weighted by atomic mass is 35.5. The highest BCUT2D eigenvalue weighted by molar-refractivity contribution is 6.30. The van der Waals surface area contributed by atoms with E-state index < -0.39 is 0 Å². The van der Waals surface area contributed by atoms with Crippen molar-refractivity contribution in [1.29, 1.82) is 0 Å². The van der Waals surface area contributed by atoms with Crippen LogP contribution >= 0.6 is 11.6 Å². The second kappa shape index (κ2) is 9.05. The Hall–Kier alpha value is -3.32. The van der Waals surface area contributed by atoms with Crippen LogP contribution in [0.15, 0.2) is 54.9 Å². The van der Waals surface area contributed by atoms with Crippen LogP contribution in [-0.2, 0) is 6.54 Å². The number of benzene rings is 2. The predicted octanol–water partition coefficient (Wildman–Crippen LogP) is 4.01. The van der Waals surface area contributed by atoms with Gasteiger partial charge in [0.15, 0.2) is 11.5 Å². The van der Waals surface area contributed by atoms with Crippen LogP contribution in [0.25, 0.3) is 0 Å². The zero-order chi connectivity index (χ0) is 19.9. The van der Waals surface area contributed by atoms with E-state index in [1.165, 1.54) is 6.33 Å². The van der Waals surface area contributed by atoms with E-state index in [-0.39, 0.29) is 11.6 Å². The number of hydrogen-bond donors (Lipinski definition) is 2. The lowest BCUT2D eigenvalue weighted by Gasteiger charge is -2.11. The first-order valence-corrected chi connectivity index (χ1v) is 8.80. The molecule has 0 atom stereocenters. The Bertz CT molecular complexity index is 981. The van der Waals surface area contributed by atoms with Gasteiger partial charge in [-0.25, -0.2) is 9.97 Å². The number of amides is 1. The van der Waals surface area contributed by atoms with Gasteiger partial charge in [0.1, 0.15) is 17.8 Å². The minimum absolute atomic E-state index is 0.241. The van der Waals surface area contributed by atoms with Gasteiger partial charge in [0.2, 0.25) is 0 Å². The van der Waals surface area contributed by atoms with Crippen LogP contribution in [0.4, 0.5) is 11.5 Å². The standard InChI is InChI=1S/C20H19ClN4O3/c1-27-17-7-6-13(8-18(17)28-2)11-22-19-10-16(23-12-24-19)20(26)25-15-5-3-4-14(21)9-15/h3-10,12H,11H2,1-2H3,(H,25,26)(H,22,23,24). The zero-order valence-electron chi connectivity index (χ0n) is 15.4. The molecule has 1 aromatic heterocycles. The fraction of sp³-hybridized carbons (Fsp3) is 0.150. The fourth-order valence-corrected chi connectivity index (χ4v) is 2.71. The van der Waals surface area contributed by atoms with Crippen molar-refractivity contribution in [3.8, 4) is 11.5 Å². The van der Waals surface area contributed by atoms with Crippen LogP contribution in [0.1, 0.15) is 16.1 Å². The quantitative estimate of drug-likeness (QED) is 0.625. The fourth-order valence-electron chi connectivity index (χ4n) is 2.52. The monoisotopic (exact) mass is 398 g/mol. The number of carbonyl (C=O) groups is 1. The van der Waals surface area contributed by atoms with E-state index >= 15 is 0 Å². The van der Waals surface area contributed by atoms with Crippen molar-refractivity contribution in [2.24, 2.45) is 0 Å². The van der Waals surface area contributed by atoms with Gasteiger partial charge in [-0.15, -0.1) is 0 Å². The summed E-state index contributed by atoms with van der Waals surface area (Å²) in [6, 6.07) is 14.1. The molecule has 3 rings (SSSR count). The van der Waals surface area contributed by atoms with Crippen LogP contribution in [0, 0.1) is 0 Å². The summed E-state index contributed by atoms with van der Waals surface area (Å²) in [6.07, 6.45) is 1.34. The van der Waals surface area contributed by atoms with Crippen molar-refractivity contribution in [1.82, 2.24) is 9.97 Å². The normalized spacial score (nSPS) is 10.2. The lowest BCUT2D eigenvalue weighted by molar-refractivity contribution is 0.102. The molecule has 0 saturated heterocycles. The third-order valence-electron chi connectivity index (χ3n) is 3.90. The number of rotatable bonds is 7. The van der Waals surface area contributed by atoms with E-state index in [9.17, 15) is 4.79 Å². The maximum Gasteiger partial charge on any atom is 0.274 e. The molecule has 0 fully saturated rings. The zero-order valence-corrected chi connectivity index (χ0v) is 16.2. The maximum absolute atomic E-state index is 12.4. The number of ether oxygens (including phenoxy) is 2. The second-order valence-corrected chi connectivity index (χ2v) is 6.23. The minimum atomic E-state index is -0.348. The van der Waals surface area contributed by atoms with E-state index in [0.29, 0.717) is 34.6 Å². The van der Waals surface area contributed by atoms with Crippen LogP contribution in [0.3, 0.4) is 0 Å². The Morgan fingerprint density at radius 3 is 2.61 bits per heavy atom. The number of carbonyl (C=O) groups excluding carboxylic acids is 1. The predicted molar refractivity (Wildman–Crippen MR) is 108 cm³/mol. The molecule has 2 N–H and O–H groups in total. The summed E-state index contributed by atoms with van der Waals surface area (Å²) in [4.78, 5) is 20.6. The molecule has 1 heterocycles. The molecule has 2 aromatic carbocycles. The molecule has 28 heavy (non-hydrogen) atoms. The molecule has 0 saturated carbocycles. The first kappa shape index (κ1) is 19.4. The van der Waals surface area contributed by atoms with Gasteiger partial charge in [0.25, 0.3) is 5.91 Å². The average Bonchev–Trinajstić information content (AvgIpc) is 2.72. The SMILES string of the molecule is COc1ccc(CNc2cc(C(=O)Nc3cccc(Cl)c3)ncn2)cc1OC. The van der Waals surface area contributed by atoms with E-state index in [1.807, 2.05) is 18.2 Å². The molecule has 0 bridgehead atoms. The summed E-state index contributed by atoms with van der Waals surface area (Å²) in [7, 11) is 3.18. The number of nitrogens with one attached hydrogen (secondary N) is 2. The van der Waals surface area contributed by atoms with Gasteiger partial charge < -0.3 is 20.1 Å². The summed E-state index contributed by atoms with van der Waals surface area (Å²) in [6.45, 7) is 0.493. The maximum atomic E-state index is 12.4. The summed E-state index contributed by atoms with van der Waals surface area (Å²) in [5, 5.41) is 6.46. The Morgan fingerprint density at radius 1 is 1.04 bits per heavy atom. The molecule has 8 heteroatoms. The lowest BCUT2D eigenvalue weighted by atomic mass is 10.2. The number of methoxy groups -OCH3 is 2. The van der Waals surface area contributed by atoms with Crippen LogP contribution < -0.4 is 20.1 Å². The van der Waals surface area contributed by atoms with E-state index in [4.69, 9.17) is 21.1 Å². The number of hydrogen-bond acceptors (Lipinski definition) is 6. The van der Waals surface area contributed by atoms with Crippen molar-refractivity contribution < 1.29 is 14.3 Å². The molecular formula is C20H19ClN4O3. The summed E-state index contributed by atoms with van der Waals surface area (Å²) in [5.74, 6) is 1.49. The third kappa shape index (κ3) is 4.89.